The van der Waals surface area contributed by atoms with E-state index in [0.717, 1.165) is 31.0 Å². The minimum absolute atomic E-state index is 0.109. The Bertz CT molecular complexity index is 894. The van der Waals surface area contributed by atoms with Crippen LogP contribution in [0.1, 0.15) is 35.7 Å². The summed E-state index contributed by atoms with van der Waals surface area (Å²) in [6.07, 6.45) is -3.03. The Kier molecular flexibility index (Phi) is 6.48. The van der Waals surface area contributed by atoms with Crippen molar-refractivity contribution in [3.05, 3.63) is 59.7 Å². The van der Waals surface area contributed by atoms with Crippen molar-refractivity contribution in [1.82, 2.24) is 0 Å². The molecule has 0 radical (unpaired) electrons. The molecule has 2 rings (SSSR count). The van der Waals surface area contributed by atoms with E-state index in [0.29, 0.717) is 12.7 Å². The second-order valence-corrected chi connectivity index (χ2v) is 7.38. The van der Waals surface area contributed by atoms with Gasteiger partial charge in [0.15, 0.2) is 0 Å². The van der Waals surface area contributed by atoms with Crippen molar-refractivity contribution in [2.75, 3.05) is 11.3 Å². The van der Waals surface area contributed by atoms with Gasteiger partial charge in [-0.3, -0.25) is 4.72 Å². The van der Waals surface area contributed by atoms with Crippen molar-refractivity contribution < 1.29 is 31.1 Å². The first-order valence-electron chi connectivity index (χ1n) is 8.11. The topological polar surface area (TPSA) is 72.5 Å². The highest BCUT2D eigenvalue weighted by atomic mass is 32.2. The van der Waals surface area contributed by atoms with E-state index >= 15 is 0 Å². The molecule has 0 heterocycles. The highest BCUT2D eigenvalue weighted by Crippen LogP contribution is 2.30. The maximum Gasteiger partial charge on any atom is 0.416 e. The van der Waals surface area contributed by atoms with E-state index in [-0.39, 0.29) is 11.3 Å². The average Bonchev–Trinajstić information content (AvgIpc) is 2.61. The first-order chi connectivity index (χ1) is 12.6. The van der Waals surface area contributed by atoms with Crippen molar-refractivity contribution in [3.8, 4) is 0 Å². The summed E-state index contributed by atoms with van der Waals surface area (Å²) in [6, 6.07) is 8.85. The van der Waals surface area contributed by atoms with Gasteiger partial charge in [-0.05, 0) is 48.9 Å². The molecule has 0 aliphatic rings. The van der Waals surface area contributed by atoms with Gasteiger partial charge in [-0.15, -0.1) is 0 Å². The number of nitrogens with one attached hydrogen (secondary N) is 1. The Morgan fingerprint density at radius 3 is 2.37 bits per heavy atom. The molecule has 0 aliphatic heterocycles. The zero-order chi connectivity index (χ0) is 20.1. The summed E-state index contributed by atoms with van der Waals surface area (Å²) in [5.74, 6) is -0.532. The highest BCUT2D eigenvalue weighted by Gasteiger charge is 2.31. The summed E-state index contributed by atoms with van der Waals surface area (Å²) in [7, 11) is -4.21. The third kappa shape index (κ3) is 5.72. The fourth-order valence-corrected chi connectivity index (χ4v) is 3.22. The predicted octanol–water partition coefficient (Wildman–Crippen LogP) is 4.46. The van der Waals surface area contributed by atoms with Gasteiger partial charge in [-0.25, -0.2) is 13.2 Å². The van der Waals surface area contributed by atoms with E-state index in [2.05, 4.69) is 4.72 Å². The van der Waals surface area contributed by atoms with E-state index < -0.39 is 32.6 Å². The molecule has 5 nitrogen and oxygen atoms in total. The van der Waals surface area contributed by atoms with Crippen molar-refractivity contribution in [3.63, 3.8) is 0 Å². The molecule has 9 heteroatoms. The van der Waals surface area contributed by atoms with Gasteiger partial charge in [-0.2, -0.15) is 13.2 Å². The number of halogens is 3. The Morgan fingerprint density at radius 2 is 1.78 bits per heavy atom. The number of esters is 1. The van der Waals surface area contributed by atoms with Crippen LogP contribution in [0.2, 0.25) is 0 Å². The van der Waals surface area contributed by atoms with Crippen molar-refractivity contribution in [2.24, 2.45) is 0 Å². The van der Waals surface area contributed by atoms with Crippen molar-refractivity contribution in [2.45, 2.75) is 30.8 Å². The van der Waals surface area contributed by atoms with Gasteiger partial charge in [0.2, 0.25) is 0 Å². The van der Waals surface area contributed by atoms with E-state index in [1.165, 1.54) is 24.3 Å². The van der Waals surface area contributed by atoms with Crippen molar-refractivity contribution in [1.29, 1.82) is 0 Å². The molecule has 0 fully saturated rings. The monoisotopic (exact) mass is 401 g/mol. The summed E-state index contributed by atoms with van der Waals surface area (Å²) in [5.41, 5.74) is -0.707. The molecule has 2 aromatic carbocycles. The third-order valence-electron chi connectivity index (χ3n) is 3.58. The molecule has 146 valence electrons. The zero-order valence-electron chi connectivity index (χ0n) is 14.4. The lowest BCUT2D eigenvalue weighted by Gasteiger charge is -2.11. The van der Waals surface area contributed by atoms with Crippen LogP contribution in [0, 0.1) is 0 Å². The number of hydrogen-bond acceptors (Lipinski definition) is 4. The second-order valence-electron chi connectivity index (χ2n) is 5.70. The van der Waals surface area contributed by atoms with Crippen LogP contribution < -0.4 is 4.72 Å². The van der Waals surface area contributed by atoms with Crippen LogP contribution in [-0.2, 0) is 20.9 Å². The number of carbonyl (C=O) groups excluding carboxylic acids is 1. The van der Waals surface area contributed by atoms with Gasteiger partial charge < -0.3 is 4.74 Å². The number of carbonyl (C=O) groups is 1. The molecular weight excluding hydrogens is 383 g/mol. The summed E-state index contributed by atoms with van der Waals surface area (Å²) in [4.78, 5) is 11.3. The lowest BCUT2D eigenvalue weighted by atomic mass is 10.2. The lowest BCUT2D eigenvalue weighted by molar-refractivity contribution is -0.137. The molecule has 0 bridgehead atoms. The Balaban J connectivity index is 2.13. The normalized spacial score (nSPS) is 11.9. The van der Waals surface area contributed by atoms with E-state index in [1.807, 2.05) is 6.92 Å². The molecule has 2 aromatic rings. The molecule has 0 unspecified atom stereocenters. The van der Waals surface area contributed by atoms with Gasteiger partial charge in [-0.1, -0.05) is 19.4 Å². The lowest BCUT2D eigenvalue weighted by Crippen LogP contribution is -2.15. The van der Waals surface area contributed by atoms with Crippen LogP contribution in [0.25, 0.3) is 0 Å². The van der Waals surface area contributed by atoms with Gasteiger partial charge in [0.1, 0.15) is 0 Å². The Morgan fingerprint density at radius 1 is 1.11 bits per heavy atom. The third-order valence-corrected chi connectivity index (χ3v) is 4.95. The van der Waals surface area contributed by atoms with E-state index in [1.54, 1.807) is 0 Å². The van der Waals surface area contributed by atoms with Gasteiger partial charge in [0, 0.05) is 5.69 Å². The fourth-order valence-electron chi connectivity index (χ4n) is 2.12. The molecule has 0 spiro atoms. The SMILES string of the molecule is CCCCOC(=O)c1ccc(NS(=O)(=O)c2cccc(C(F)(F)F)c2)cc1. The number of anilines is 1. The molecule has 27 heavy (non-hydrogen) atoms. The molecule has 0 saturated heterocycles. The molecular formula is C18H18F3NO4S. The fraction of sp³-hybridized carbons (Fsp3) is 0.278. The summed E-state index contributed by atoms with van der Waals surface area (Å²) in [5, 5.41) is 0. The maximum atomic E-state index is 12.8. The quantitative estimate of drug-likeness (QED) is 0.549. The van der Waals surface area contributed by atoms with Crippen LogP contribution in [0.5, 0.6) is 0 Å². The molecule has 0 aromatic heterocycles. The van der Waals surface area contributed by atoms with Crippen LogP contribution >= 0.6 is 0 Å². The van der Waals surface area contributed by atoms with Crippen LogP contribution in [0.3, 0.4) is 0 Å². The second kappa shape index (κ2) is 8.43. The largest absolute Gasteiger partial charge is 0.462 e. The first-order valence-corrected chi connectivity index (χ1v) is 9.59. The number of benzene rings is 2. The predicted molar refractivity (Wildman–Crippen MR) is 93.9 cm³/mol. The first kappa shape index (κ1) is 20.8. The summed E-state index contributed by atoms with van der Waals surface area (Å²) in [6.45, 7) is 2.25. The van der Waals surface area contributed by atoms with Crippen LogP contribution in [-0.4, -0.2) is 21.0 Å². The minimum Gasteiger partial charge on any atom is -0.462 e. The smallest absolute Gasteiger partial charge is 0.416 e. The number of hydrogen-bond donors (Lipinski definition) is 1. The Hall–Kier alpha value is -2.55. The average molecular weight is 401 g/mol. The number of ether oxygens (including phenoxy) is 1. The zero-order valence-corrected chi connectivity index (χ0v) is 15.2. The number of rotatable bonds is 7. The number of alkyl halides is 3. The highest BCUT2D eigenvalue weighted by molar-refractivity contribution is 7.92. The van der Waals surface area contributed by atoms with Crippen molar-refractivity contribution >= 4 is 21.7 Å². The van der Waals surface area contributed by atoms with E-state index in [4.69, 9.17) is 4.74 Å². The van der Waals surface area contributed by atoms with Crippen LogP contribution in [0.4, 0.5) is 18.9 Å². The van der Waals surface area contributed by atoms with Gasteiger partial charge in [0.25, 0.3) is 10.0 Å². The minimum atomic E-state index is -4.65. The number of sulfonamides is 1. The molecule has 0 aliphatic carbocycles. The molecule has 1 N–H and O–H groups in total. The van der Waals surface area contributed by atoms with Crippen LogP contribution in [0.15, 0.2) is 53.4 Å². The molecule has 0 amide bonds. The summed E-state index contributed by atoms with van der Waals surface area (Å²) < 4.78 is 70.1. The van der Waals surface area contributed by atoms with Gasteiger partial charge >= 0.3 is 12.1 Å². The van der Waals surface area contributed by atoms with E-state index in [9.17, 15) is 26.4 Å². The Labute approximate surface area is 155 Å². The summed E-state index contributed by atoms with van der Waals surface area (Å²) >= 11 is 0. The number of unbranched alkanes of at least 4 members (excludes halogenated alkanes) is 1. The molecule has 0 atom stereocenters. The molecule has 0 saturated carbocycles. The standard InChI is InChI=1S/C18H18F3NO4S/c1-2-3-11-26-17(23)13-7-9-15(10-8-13)22-27(24,25)16-6-4-5-14(12-16)18(19,20)21/h4-10,12,22H,2-3,11H2,1H3. The van der Waals surface area contributed by atoms with Gasteiger partial charge in [0.05, 0.1) is 22.6 Å². The maximum absolute atomic E-state index is 12.8.